The number of nitrogens with zero attached hydrogens (tertiary/aromatic N) is 1. The van der Waals surface area contributed by atoms with Gasteiger partial charge in [0.05, 0.1) is 26.2 Å². The molecular weight excluding hydrogens is 385 g/mol. The molecule has 1 saturated heterocycles. The standard InChI is InChI=1S/C23H28FN3O3/c1-17(2)18-3-9-21(10-4-18)30-16-23(29)27-13-11-26(12-14-27)15-22(28)25-20-7-5-19(24)6-8-20/h3-10,17H,11-16H2,1-2H3,(H,25,28)/p+1. The Morgan fingerprint density at radius 1 is 1.07 bits per heavy atom. The molecule has 7 heteroatoms. The lowest BCUT2D eigenvalue weighted by Gasteiger charge is -2.31. The Labute approximate surface area is 176 Å². The molecule has 1 heterocycles. The third-order valence-corrected chi connectivity index (χ3v) is 5.27. The normalized spacial score (nSPS) is 14.6. The summed E-state index contributed by atoms with van der Waals surface area (Å²) in [6.07, 6.45) is 0. The predicted molar refractivity (Wildman–Crippen MR) is 113 cm³/mol. The van der Waals surface area contributed by atoms with Crippen molar-refractivity contribution in [2.45, 2.75) is 19.8 Å². The van der Waals surface area contributed by atoms with Crippen molar-refractivity contribution < 1.29 is 23.6 Å². The van der Waals surface area contributed by atoms with Gasteiger partial charge in [-0.3, -0.25) is 9.59 Å². The molecule has 0 aliphatic carbocycles. The van der Waals surface area contributed by atoms with Crippen molar-refractivity contribution in [3.05, 3.63) is 59.9 Å². The van der Waals surface area contributed by atoms with Crippen molar-refractivity contribution in [2.24, 2.45) is 0 Å². The topological polar surface area (TPSA) is 63.1 Å². The minimum absolute atomic E-state index is 0.0153. The van der Waals surface area contributed by atoms with Crippen LogP contribution in [0.25, 0.3) is 0 Å². The molecule has 2 amide bonds. The minimum Gasteiger partial charge on any atom is -0.484 e. The Balaban J connectivity index is 1.38. The van der Waals surface area contributed by atoms with Crippen molar-refractivity contribution in [3.8, 4) is 5.75 Å². The van der Waals surface area contributed by atoms with Crippen LogP contribution in [0.2, 0.25) is 0 Å². The molecule has 0 spiro atoms. The number of halogens is 1. The number of quaternary nitrogens is 1. The van der Waals surface area contributed by atoms with Gasteiger partial charge in [0.2, 0.25) is 0 Å². The van der Waals surface area contributed by atoms with Gasteiger partial charge in [-0.1, -0.05) is 26.0 Å². The van der Waals surface area contributed by atoms with E-state index in [4.69, 9.17) is 4.74 Å². The zero-order valence-corrected chi connectivity index (χ0v) is 17.5. The first kappa shape index (κ1) is 21.8. The maximum atomic E-state index is 12.9. The number of hydrogen-bond acceptors (Lipinski definition) is 3. The number of ether oxygens (including phenoxy) is 1. The van der Waals surface area contributed by atoms with Gasteiger partial charge in [-0.15, -0.1) is 0 Å². The van der Waals surface area contributed by atoms with E-state index in [9.17, 15) is 14.0 Å². The highest BCUT2D eigenvalue weighted by atomic mass is 19.1. The van der Waals surface area contributed by atoms with Crippen LogP contribution in [0.3, 0.4) is 0 Å². The van der Waals surface area contributed by atoms with Gasteiger partial charge in [0, 0.05) is 5.69 Å². The number of amides is 2. The summed E-state index contributed by atoms with van der Waals surface area (Å²) in [7, 11) is 0. The quantitative estimate of drug-likeness (QED) is 0.725. The molecule has 1 aliphatic heterocycles. The molecule has 0 saturated carbocycles. The molecule has 160 valence electrons. The predicted octanol–water partition coefficient (Wildman–Crippen LogP) is 1.69. The molecule has 2 N–H and O–H groups in total. The van der Waals surface area contributed by atoms with Crippen molar-refractivity contribution >= 4 is 17.5 Å². The number of rotatable bonds is 7. The van der Waals surface area contributed by atoms with Crippen LogP contribution in [-0.4, -0.2) is 56.0 Å². The van der Waals surface area contributed by atoms with Crippen LogP contribution in [0.5, 0.6) is 5.75 Å². The van der Waals surface area contributed by atoms with Crippen molar-refractivity contribution in [3.63, 3.8) is 0 Å². The molecule has 0 bridgehead atoms. The first-order chi connectivity index (χ1) is 14.4. The van der Waals surface area contributed by atoms with E-state index in [2.05, 4.69) is 19.2 Å². The Hall–Kier alpha value is -2.93. The zero-order chi connectivity index (χ0) is 21.5. The van der Waals surface area contributed by atoms with E-state index in [1.807, 2.05) is 24.3 Å². The van der Waals surface area contributed by atoms with Gasteiger partial charge < -0.3 is 19.9 Å². The number of benzene rings is 2. The Bertz CT molecular complexity index is 845. The molecule has 3 rings (SSSR count). The second kappa shape index (κ2) is 10.2. The Kier molecular flexibility index (Phi) is 7.41. The number of piperazine rings is 1. The Morgan fingerprint density at radius 3 is 2.30 bits per heavy atom. The van der Waals surface area contributed by atoms with Crippen LogP contribution in [0.15, 0.2) is 48.5 Å². The van der Waals surface area contributed by atoms with E-state index in [0.29, 0.717) is 50.1 Å². The molecule has 0 radical (unpaired) electrons. The van der Waals surface area contributed by atoms with Gasteiger partial charge >= 0.3 is 0 Å². The average Bonchev–Trinajstić information content (AvgIpc) is 2.74. The first-order valence-corrected chi connectivity index (χ1v) is 10.3. The number of anilines is 1. The summed E-state index contributed by atoms with van der Waals surface area (Å²) in [6, 6.07) is 13.5. The van der Waals surface area contributed by atoms with Gasteiger partial charge in [-0.2, -0.15) is 0 Å². The molecule has 0 atom stereocenters. The highest BCUT2D eigenvalue weighted by Gasteiger charge is 2.25. The third-order valence-electron chi connectivity index (χ3n) is 5.27. The number of nitrogens with one attached hydrogen (secondary N) is 2. The highest BCUT2D eigenvalue weighted by Crippen LogP contribution is 2.18. The van der Waals surface area contributed by atoms with Crippen LogP contribution in [-0.2, 0) is 9.59 Å². The summed E-state index contributed by atoms with van der Waals surface area (Å²) in [5.74, 6) is 0.644. The number of hydrogen-bond donors (Lipinski definition) is 2. The molecule has 6 nitrogen and oxygen atoms in total. The summed E-state index contributed by atoms with van der Waals surface area (Å²) in [6.45, 7) is 7.18. The second-order valence-electron chi connectivity index (χ2n) is 7.88. The monoisotopic (exact) mass is 414 g/mol. The lowest BCUT2D eigenvalue weighted by molar-refractivity contribution is -0.895. The van der Waals surface area contributed by atoms with E-state index in [0.717, 1.165) is 4.90 Å². The van der Waals surface area contributed by atoms with Crippen LogP contribution < -0.4 is 15.0 Å². The van der Waals surface area contributed by atoms with Crippen LogP contribution in [0.1, 0.15) is 25.3 Å². The summed E-state index contributed by atoms with van der Waals surface area (Å²) in [5.41, 5.74) is 1.81. The zero-order valence-electron chi connectivity index (χ0n) is 17.5. The maximum Gasteiger partial charge on any atom is 0.279 e. The lowest BCUT2D eigenvalue weighted by atomic mass is 10.0. The van der Waals surface area contributed by atoms with E-state index in [1.165, 1.54) is 29.8 Å². The van der Waals surface area contributed by atoms with E-state index >= 15 is 0 Å². The molecule has 0 aromatic heterocycles. The van der Waals surface area contributed by atoms with Gasteiger partial charge in [0.1, 0.15) is 11.6 Å². The fraction of sp³-hybridized carbons (Fsp3) is 0.391. The summed E-state index contributed by atoms with van der Waals surface area (Å²) >= 11 is 0. The Morgan fingerprint density at radius 2 is 1.70 bits per heavy atom. The van der Waals surface area contributed by atoms with Gasteiger partial charge in [0.15, 0.2) is 13.2 Å². The van der Waals surface area contributed by atoms with Gasteiger partial charge in [0.25, 0.3) is 11.8 Å². The molecule has 2 aromatic rings. The van der Waals surface area contributed by atoms with Crippen molar-refractivity contribution in [1.82, 2.24) is 4.90 Å². The molecule has 0 unspecified atom stereocenters. The summed E-state index contributed by atoms with van der Waals surface area (Å²) in [5, 5.41) is 2.77. The largest absolute Gasteiger partial charge is 0.484 e. The fourth-order valence-electron chi connectivity index (χ4n) is 3.40. The third kappa shape index (κ3) is 6.29. The minimum atomic E-state index is -0.337. The average molecular weight is 415 g/mol. The van der Waals surface area contributed by atoms with Crippen LogP contribution in [0.4, 0.5) is 10.1 Å². The number of carbonyl (C=O) groups excluding carboxylic acids is 2. The number of carbonyl (C=O) groups is 2. The molecule has 1 aliphatic rings. The van der Waals surface area contributed by atoms with Crippen LogP contribution >= 0.6 is 0 Å². The van der Waals surface area contributed by atoms with E-state index in [1.54, 1.807) is 4.90 Å². The van der Waals surface area contributed by atoms with Gasteiger partial charge in [-0.25, -0.2) is 4.39 Å². The highest BCUT2D eigenvalue weighted by molar-refractivity contribution is 5.91. The van der Waals surface area contributed by atoms with Gasteiger partial charge in [-0.05, 0) is 47.9 Å². The second-order valence-corrected chi connectivity index (χ2v) is 7.88. The smallest absolute Gasteiger partial charge is 0.279 e. The SMILES string of the molecule is CC(C)c1ccc(OCC(=O)N2CC[NH+](CC(=O)Nc3ccc(F)cc3)CC2)cc1. The lowest BCUT2D eigenvalue weighted by Crippen LogP contribution is -3.15. The molecular formula is C23H29FN3O3+. The first-order valence-electron chi connectivity index (χ1n) is 10.3. The summed E-state index contributed by atoms with van der Waals surface area (Å²) < 4.78 is 18.6. The fourth-order valence-corrected chi connectivity index (χ4v) is 3.40. The molecule has 1 fully saturated rings. The van der Waals surface area contributed by atoms with Crippen molar-refractivity contribution in [1.29, 1.82) is 0 Å². The summed E-state index contributed by atoms with van der Waals surface area (Å²) in [4.78, 5) is 27.5. The van der Waals surface area contributed by atoms with Crippen LogP contribution in [0, 0.1) is 5.82 Å². The van der Waals surface area contributed by atoms with E-state index < -0.39 is 0 Å². The molecule has 30 heavy (non-hydrogen) atoms. The molecule has 2 aromatic carbocycles. The maximum absolute atomic E-state index is 12.9. The van der Waals surface area contributed by atoms with Crippen molar-refractivity contribution in [2.75, 3.05) is 44.6 Å². The van der Waals surface area contributed by atoms with E-state index in [-0.39, 0.29) is 24.2 Å².